The van der Waals surface area contributed by atoms with Gasteiger partial charge in [0.25, 0.3) is 0 Å². The third-order valence-electron chi connectivity index (χ3n) is 7.27. The zero-order valence-electron chi connectivity index (χ0n) is 19.7. The van der Waals surface area contributed by atoms with Gasteiger partial charge in [-0.2, -0.15) is 0 Å². The van der Waals surface area contributed by atoms with Crippen LogP contribution in [0.25, 0.3) is 47.6 Å². The van der Waals surface area contributed by atoms with Gasteiger partial charge in [-0.25, -0.2) is 0 Å². The Morgan fingerprint density at radius 3 is 2.52 bits per heavy atom. The second kappa shape index (κ2) is 7.43. The fourth-order valence-corrected chi connectivity index (χ4v) is 6.96. The SMILES string of the molecule is C/C=C\C(=C/CC)c1ccc2c(c1)-c1c(ccc3ccc4c5ccccc5sc4c13)C2(C)C. The maximum absolute atomic E-state index is 2.44. The molecule has 4 aromatic carbocycles. The van der Waals surface area contributed by atoms with Gasteiger partial charge in [-0.3, -0.25) is 0 Å². The highest BCUT2D eigenvalue weighted by Crippen LogP contribution is 2.54. The van der Waals surface area contributed by atoms with Gasteiger partial charge in [0.2, 0.25) is 0 Å². The average Bonchev–Trinajstić information content (AvgIpc) is 3.31. The first-order valence-corrected chi connectivity index (χ1v) is 12.7. The van der Waals surface area contributed by atoms with Crippen LogP contribution in [0.15, 0.2) is 85.0 Å². The molecule has 5 aromatic rings. The van der Waals surface area contributed by atoms with Gasteiger partial charge < -0.3 is 0 Å². The number of hydrogen-bond acceptors (Lipinski definition) is 1. The summed E-state index contributed by atoms with van der Waals surface area (Å²) in [7, 11) is 0. The molecule has 33 heavy (non-hydrogen) atoms. The number of benzene rings is 4. The fourth-order valence-electron chi connectivity index (χ4n) is 5.69. The van der Waals surface area contributed by atoms with Crippen LogP contribution in [0.2, 0.25) is 0 Å². The van der Waals surface area contributed by atoms with E-state index in [1.165, 1.54) is 64.3 Å². The van der Waals surface area contributed by atoms with E-state index >= 15 is 0 Å². The molecule has 0 fully saturated rings. The largest absolute Gasteiger partial charge is 0.135 e. The molecular formula is C32H28S. The molecular weight excluding hydrogens is 416 g/mol. The van der Waals surface area contributed by atoms with E-state index in [2.05, 4.69) is 113 Å². The first-order chi connectivity index (χ1) is 16.0. The minimum atomic E-state index is -0.00847. The molecule has 0 saturated heterocycles. The summed E-state index contributed by atoms with van der Waals surface area (Å²) in [6.45, 7) is 9.06. The number of rotatable bonds is 3. The normalized spacial score (nSPS) is 15.1. The van der Waals surface area contributed by atoms with Crippen LogP contribution in [0.5, 0.6) is 0 Å². The highest BCUT2D eigenvalue weighted by molar-refractivity contribution is 7.26. The van der Waals surface area contributed by atoms with Crippen LogP contribution < -0.4 is 0 Å². The predicted octanol–water partition coefficient (Wildman–Crippen LogP) is 9.88. The quantitative estimate of drug-likeness (QED) is 0.243. The third kappa shape index (κ3) is 2.89. The van der Waals surface area contributed by atoms with Crippen LogP contribution in [0.4, 0.5) is 0 Å². The van der Waals surface area contributed by atoms with Crippen molar-refractivity contribution in [1.82, 2.24) is 0 Å². The van der Waals surface area contributed by atoms with Crippen molar-refractivity contribution in [3.63, 3.8) is 0 Å². The van der Waals surface area contributed by atoms with Gasteiger partial charge in [0.15, 0.2) is 0 Å². The molecule has 1 heterocycles. The summed E-state index contributed by atoms with van der Waals surface area (Å²) in [4.78, 5) is 0. The Balaban J connectivity index is 1.74. The smallest absolute Gasteiger partial charge is 0.0440 e. The second-order valence-electron chi connectivity index (χ2n) is 9.58. The second-order valence-corrected chi connectivity index (χ2v) is 10.6. The van der Waals surface area contributed by atoms with Gasteiger partial charge >= 0.3 is 0 Å². The monoisotopic (exact) mass is 444 g/mol. The molecule has 0 unspecified atom stereocenters. The Morgan fingerprint density at radius 1 is 0.909 bits per heavy atom. The van der Waals surface area contributed by atoms with Gasteiger partial charge in [-0.15, -0.1) is 11.3 Å². The van der Waals surface area contributed by atoms with Gasteiger partial charge in [0.05, 0.1) is 0 Å². The molecule has 1 aliphatic rings. The molecule has 162 valence electrons. The summed E-state index contributed by atoms with van der Waals surface area (Å²) in [5, 5.41) is 5.49. The van der Waals surface area contributed by atoms with E-state index < -0.39 is 0 Å². The lowest BCUT2D eigenvalue weighted by molar-refractivity contribution is 0.661. The first kappa shape index (κ1) is 20.4. The third-order valence-corrected chi connectivity index (χ3v) is 8.47. The highest BCUT2D eigenvalue weighted by atomic mass is 32.1. The molecule has 0 spiro atoms. The molecule has 1 heteroatoms. The van der Waals surface area contributed by atoms with E-state index in [0.717, 1.165) is 6.42 Å². The Morgan fingerprint density at radius 2 is 1.70 bits per heavy atom. The Kier molecular flexibility index (Phi) is 4.61. The van der Waals surface area contributed by atoms with Crippen molar-refractivity contribution in [2.75, 3.05) is 0 Å². The van der Waals surface area contributed by atoms with Crippen LogP contribution in [0.1, 0.15) is 50.8 Å². The van der Waals surface area contributed by atoms with E-state index in [0.29, 0.717) is 0 Å². The minimum Gasteiger partial charge on any atom is -0.135 e. The molecule has 0 saturated carbocycles. The number of fused-ring (bicyclic) bond motifs is 9. The topological polar surface area (TPSA) is 0 Å². The van der Waals surface area contributed by atoms with Crippen molar-refractivity contribution < 1.29 is 0 Å². The summed E-state index contributed by atoms with van der Waals surface area (Å²) in [6.07, 6.45) is 7.74. The Labute approximate surface area is 199 Å². The summed E-state index contributed by atoms with van der Waals surface area (Å²) in [5.74, 6) is 0. The fraction of sp³-hybridized carbons (Fsp3) is 0.188. The zero-order valence-corrected chi connectivity index (χ0v) is 20.5. The number of allylic oxidation sites excluding steroid dienone is 4. The van der Waals surface area contributed by atoms with Crippen LogP contribution in [0, 0.1) is 0 Å². The molecule has 0 atom stereocenters. The Hall–Kier alpha value is -3.16. The molecule has 6 rings (SSSR count). The molecule has 0 amide bonds. The Bertz CT molecular complexity index is 1620. The van der Waals surface area contributed by atoms with Crippen LogP contribution in [0.3, 0.4) is 0 Å². The van der Waals surface area contributed by atoms with E-state index in [9.17, 15) is 0 Å². The van der Waals surface area contributed by atoms with Crippen molar-refractivity contribution in [2.45, 2.75) is 39.5 Å². The number of thiophene rings is 1. The number of hydrogen-bond donors (Lipinski definition) is 0. The summed E-state index contributed by atoms with van der Waals surface area (Å²) in [6, 6.07) is 25.3. The van der Waals surface area contributed by atoms with Crippen LogP contribution in [-0.4, -0.2) is 0 Å². The van der Waals surface area contributed by atoms with Crippen LogP contribution in [-0.2, 0) is 5.41 Å². The molecule has 1 aliphatic carbocycles. The minimum absolute atomic E-state index is 0.00847. The highest BCUT2D eigenvalue weighted by Gasteiger charge is 2.37. The first-order valence-electron chi connectivity index (χ1n) is 11.9. The maximum Gasteiger partial charge on any atom is 0.0440 e. The summed E-state index contributed by atoms with van der Waals surface area (Å²) < 4.78 is 2.78. The van der Waals surface area contributed by atoms with E-state index in [4.69, 9.17) is 0 Å². The zero-order chi connectivity index (χ0) is 22.7. The van der Waals surface area contributed by atoms with Crippen molar-refractivity contribution in [2.24, 2.45) is 0 Å². The van der Waals surface area contributed by atoms with Gasteiger partial charge in [-0.05, 0) is 64.3 Å². The lowest BCUT2D eigenvalue weighted by atomic mass is 9.81. The van der Waals surface area contributed by atoms with Crippen molar-refractivity contribution in [3.05, 3.63) is 102 Å². The van der Waals surface area contributed by atoms with Crippen molar-refractivity contribution in [1.29, 1.82) is 0 Å². The lowest BCUT2D eigenvalue weighted by Crippen LogP contribution is -2.14. The maximum atomic E-state index is 2.44. The van der Waals surface area contributed by atoms with E-state index in [-0.39, 0.29) is 5.41 Å². The molecule has 0 N–H and O–H groups in total. The van der Waals surface area contributed by atoms with Crippen molar-refractivity contribution in [3.8, 4) is 11.1 Å². The molecule has 0 nitrogen and oxygen atoms in total. The summed E-state index contributed by atoms with van der Waals surface area (Å²) >= 11 is 1.94. The van der Waals surface area contributed by atoms with Crippen LogP contribution >= 0.6 is 11.3 Å². The van der Waals surface area contributed by atoms with Gasteiger partial charge in [0, 0.05) is 31.0 Å². The molecule has 0 bridgehead atoms. The predicted molar refractivity (Wildman–Crippen MR) is 147 cm³/mol. The molecule has 1 aromatic heterocycles. The van der Waals surface area contributed by atoms with E-state index in [1.54, 1.807) is 0 Å². The average molecular weight is 445 g/mol. The lowest BCUT2D eigenvalue weighted by Gasteiger charge is -2.21. The van der Waals surface area contributed by atoms with Gasteiger partial charge in [-0.1, -0.05) is 93.6 Å². The molecule has 0 radical (unpaired) electrons. The standard InChI is InChI=1S/C32H28S/c1-5-9-20(10-6-2)22-15-17-26-25(19-22)30-27(32(26,3)4)18-14-21-13-16-24-23-11-7-8-12-28(23)33-31(24)29(21)30/h5,7-19H,6H2,1-4H3/b9-5-,20-10+. The van der Waals surface area contributed by atoms with Gasteiger partial charge in [0.1, 0.15) is 0 Å². The summed E-state index contributed by atoms with van der Waals surface area (Å²) in [5.41, 5.74) is 8.31. The molecule has 0 aliphatic heterocycles. The van der Waals surface area contributed by atoms with E-state index in [1.807, 2.05) is 11.3 Å². The van der Waals surface area contributed by atoms with Crippen molar-refractivity contribution >= 4 is 47.9 Å².